The minimum atomic E-state index is 0.522. The van der Waals surface area contributed by atoms with E-state index in [1.807, 2.05) is 30.4 Å². The van der Waals surface area contributed by atoms with Crippen molar-refractivity contribution in [3.05, 3.63) is 45.4 Å². The summed E-state index contributed by atoms with van der Waals surface area (Å²) in [5.41, 5.74) is 3.57. The molecule has 2 rings (SSSR count). The topological polar surface area (TPSA) is 9.23 Å². The number of fused-ring (bicyclic) bond motifs is 1. The van der Waals surface area contributed by atoms with Gasteiger partial charge in [0.15, 0.2) is 0 Å². The second-order valence-electron chi connectivity index (χ2n) is 2.99. The Morgan fingerprint density at radius 2 is 2.21 bits per heavy atom. The average molecular weight is 272 g/mol. The molecule has 72 valence electrons. The molecule has 1 heterocycles. The van der Waals surface area contributed by atoms with Crippen LogP contribution in [0.25, 0.3) is 6.08 Å². The smallest absolute Gasteiger partial charge is 0.127 e. The third kappa shape index (κ3) is 2.02. The Kier molecular flexibility index (Phi) is 2.94. The average Bonchev–Trinajstić information content (AvgIpc) is 2.39. The van der Waals surface area contributed by atoms with Crippen LogP contribution >= 0.6 is 27.5 Å². The predicted molar refractivity (Wildman–Crippen MR) is 62.6 cm³/mol. The monoisotopic (exact) mass is 270 g/mol. The van der Waals surface area contributed by atoms with Crippen LogP contribution in [-0.2, 0) is 0 Å². The fraction of sp³-hybridized carbons (Fsp3) is 0.0909. The van der Waals surface area contributed by atoms with E-state index in [2.05, 4.69) is 15.9 Å². The van der Waals surface area contributed by atoms with E-state index in [0.717, 1.165) is 21.4 Å². The third-order valence-electron chi connectivity index (χ3n) is 1.98. The molecule has 0 unspecified atom stereocenters. The second-order valence-corrected chi connectivity index (χ2v) is 4.12. The minimum Gasteiger partial charge on any atom is -0.488 e. The molecule has 1 aromatic carbocycles. The summed E-state index contributed by atoms with van der Waals surface area (Å²) in [6.45, 7) is 0.522. The molecule has 3 heteroatoms. The summed E-state index contributed by atoms with van der Waals surface area (Å²) >= 11 is 9.04. The zero-order chi connectivity index (χ0) is 9.97. The van der Waals surface area contributed by atoms with Gasteiger partial charge in [0.2, 0.25) is 0 Å². The Balaban J connectivity index is 2.42. The zero-order valence-electron chi connectivity index (χ0n) is 7.34. The van der Waals surface area contributed by atoms with Crippen LogP contribution in [0.15, 0.2) is 39.9 Å². The predicted octanol–water partition coefficient (Wildman–Crippen LogP) is 3.98. The Morgan fingerprint density at radius 1 is 1.36 bits per heavy atom. The van der Waals surface area contributed by atoms with Gasteiger partial charge in [-0.25, -0.2) is 0 Å². The maximum Gasteiger partial charge on any atom is 0.127 e. The van der Waals surface area contributed by atoms with Crippen molar-refractivity contribution in [3.63, 3.8) is 0 Å². The molecular formula is C11H8BrClO. The lowest BCUT2D eigenvalue weighted by atomic mass is 10.2. The molecule has 1 aliphatic heterocycles. The van der Waals surface area contributed by atoms with E-state index in [1.54, 1.807) is 0 Å². The van der Waals surface area contributed by atoms with Crippen molar-refractivity contribution in [3.8, 4) is 5.75 Å². The maximum absolute atomic E-state index is 5.62. The molecular weight excluding hydrogens is 263 g/mol. The summed E-state index contributed by atoms with van der Waals surface area (Å²) in [6.07, 6.45) is 3.96. The highest BCUT2D eigenvalue weighted by Crippen LogP contribution is 2.27. The fourth-order valence-corrected chi connectivity index (χ4v) is 1.77. The van der Waals surface area contributed by atoms with Crippen LogP contribution in [0.3, 0.4) is 0 Å². The highest BCUT2D eigenvalue weighted by molar-refractivity contribution is 9.10. The number of hydrogen-bond acceptors (Lipinski definition) is 1. The molecule has 0 N–H and O–H groups in total. The van der Waals surface area contributed by atoms with Crippen molar-refractivity contribution in [1.29, 1.82) is 0 Å². The van der Waals surface area contributed by atoms with Crippen LogP contribution in [0.5, 0.6) is 5.75 Å². The second kappa shape index (κ2) is 4.20. The fourth-order valence-electron chi connectivity index (χ4n) is 1.25. The van der Waals surface area contributed by atoms with Gasteiger partial charge in [0.05, 0.1) is 0 Å². The summed E-state index contributed by atoms with van der Waals surface area (Å²) in [5, 5.41) is 0. The van der Waals surface area contributed by atoms with Crippen molar-refractivity contribution in [1.82, 2.24) is 0 Å². The Labute approximate surface area is 96.2 Å². The van der Waals surface area contributed by atoms with Crippen LogP contribution in [-0.4, -0.2) is 6.61 Å². The summed E-state index contributed by atoms with van der Waals surface area (Å²) in [5.74, 6) is 0.887. The van der Waals surface area contributed by atoms with Gasteiger partial charge in [0.1, 0.15) is 12.4 Å². The first-order valence-corrected chi connectivity index (χ1v) is 5.42. The first kappa shape index (κ1) is 9.81. The lowest BCUT2D eigenvalue weighted by Gasteiger charge is -2.06. The van der Waals surface area contributed by atoms with Gasteiger partial charge < -0.3 is 4.74 Å². The van der Waals surface area contributed by atoms with E-state index in [0.29, 0.717) is 6.61 Å². The normalized spacial score (nSPS) is 17.4. The van der Waals surface area contributed by atoms with E-state index in [9.17, 15) is 0 Å². The molecule has 0 aromatic heterocycles. The van der Waals surface area contributed by atoms with Crippen LogP contribution in [0.2, 0.25) is 0 Å². The van der Waals surface area contributed by atoms with Crippen LogP contribution in [0.4, 0.5) is 0 Å². The lowest BCUT2D eigenvalue weighted by molar-refractivity contribution is 0.356. The molecule has 0 atom stereocenters. The first-order chi connectivity index (χ1) is 6.79. The number of rotatable bonds is 0. The Morgan fingerprint density at radius 3 is 3.00 bits per heavy atom. The van der Waals surface area contributed by atoms with Gasteiger partial charge in [-0.15, -0.1) is 0 Å². The summed E-state index contributed by atoms with van der Waals surface area (Å²) in [4.78, 5) is 0. The third-order valence-corrected chi connectivity index (χ3v) is 2.76. The number of ether oxygens (including phenoxy) is 1. The highest BCUT2D eigenvalue weighted by Gasteiger charge is 2.06. The molecule has 14 heavy (non-hydrogen) atoms. The van der Waals surface area contributed by atoms with Crippen molar-refractivity contribution in [2.45, 2.75) is 0 Å². The number of halogens is 2. The molecule has 0 bridgehead atoms. The largest absolute Gasteiger partial charge is 0.488 e. The minimum absolute atomic E-state index is 0.522. The van der Waals surface area contributed by atoms with E-state index < -0.39 is 0 Å². The number of benzene rings is 1. The molecule has 0 saturated carbocycles. The Hall–Kier alpha value is -0.730. The van der Waals surface area contributed by atoms with Gasteiger partial charge in [-0.05, 0) is 18.2 Å². The zero-order valence-corrected chi connectivity index (χ0v) is 9.68. The van der Waals surface area contributed by atoms with Gasteiger partial charge in [-0.1, -0.05) is 39.7 Å². The van der Waals surface area contributed by atoms with Crippen LogP contribution in [0, 0.1) is 0 Å². The van der Waals surface area contributed by atoms with Gasteiger partial charge >= 0.3 is 0 Å². The molecule has 1 nitrogen and oxygen atoms in total. The van der Waals surface area contributed by atoms with Gasteiger partial charge in [-0.3, -0.25) is 0 Å². The summed E-state index contributed by atoms with van der Waals surface area (Å²) < 4.78 is 6.62. The van der Waals surface area contributed by atoms with Gasteiger partial charge in [0.25, 0.3) is 0 Å². The molecule has 0 radical (unpaired) electrons. The molecule has 0 amide bonds. The number of hydrogen-bond donors (Lipinski definition) is 0. The van der Waals surface area contributed by atoms with Crippen LogP contribution < -0.4 is 4.74 Å². The van der Waals surface area contributed by atoms with E-state index >= 15 is 0 Å². The molecule has 1 aliphatic rings. The standard InChI is InChI=1S/C11H8BrClO/c12-10-3-4-11-9(5-10)2-1-8(6-13)7-14-11/h1-6H,7H2/b8-6+. The van der Waals surface area contributed by atoms with Crippen LogP contribution in [0.1, 0.15) is 5.56 Å². The van der Waals surface area contributed by atoms with Gasteiger partial charge in [0, 0.05) is 21.1 Å². The van der Waals surface area contributed by atoms with E-state index in [4.69, 9.17) is 16.3 Å². The molecule has 0 fully saturated rings. The van der Waals surface area contributed by atoms with Crippen molar-refractivity contribution in [2.24, 2.45) is 0 Å². The maximum atomic E-state index is 5.62. The lowest BCUT2D eigenvalue weighted by Crippen LogP contribution is -1.97. The quantitative estimate of drug-likeness (QED) is 0.693. The van der Waals surface area contributed by atoms with Crippen molar-refractivity contribution >= 4 is 33.6 Å². The molecule has 0 saturated heterocycles. The van der Waals surface area contributed by atoms with Crippen molar-refractivity contribution < 1.29 is 4.74 Å². The summed E-state index contributed by atoms with van der Waals surface area (Å²) in [7, 11) is 0. The molecule has 0 aliphatic carbocycles. The SMILES string of the molecule is Cl/C=C1\C=Cc2cc(Br)ccc2OC1. The van der Waals surface area contributed by atoms with Crippen molar-refractivity contribution in [2.75, 3.05) is 6.61 Å². The highest BCUT2D eigenvalue weighted by atomic mass is 79.9. The van der Waals surface area contributed by atoms with E-state index in [-0.39, 0.29) is 0 Å². The first-order valence-electron chi connectivity index (χ1n) is 4.19. The molecule has 0 spiro atoms. The van der Waals surface area contributed by atoms with Gasteiger partial charge in [-0.2, -0.15) is 0 Å². The van der Waals surface area contributed by atoms with E-state index in [1.165, 1.54) is 5.54 Å². The Bertz CT molecular complexity index is 410. The summed E-state index contributed by atoms with van der Waals surface area (Å²) in [6, 6.07) is 5.92. The molecule has 1 aromatic rings.